The molecule has 5 heteroatoms. The maximum Gasteiger partial charge on any atom is 0.0702 e. The zero-order chi connectivity index (χ0) is 13.0. The fourth-order valence-electron chi connectivity index (χ4n) is 2.62. The largest absolute Gasteiger partial charge is 0.384 e. The first-order chi connectivity index (χ1) is 8.74. The summed E-state index contributed by atoms with van der Waals surface area (Å²) in [5, 5.41) is 0. The third-order valence-corrected chi connectivity index (χ3v) is 5.36. The number of nitrogens with zero attached hydrogens (tertiary/aromatic N) is 1. The number of likely N-dealkylation sites (tertiary alicyclic amines) is 1. The minimum atomic E-state index is 0.379. The van der Waals surface area contributed by atoms with Crippen LogP contribution in [0.1, 0.15) is 23.8 Å². The number of hydrogen-bond acceptors (Lipinski definition) is 4. The molecule has 1 saturated heterocycles. The smallest absolute Gasteiger partial charge is 0.0702 e. The molecule has 18 heavy (non-hydrogen) atoms. The van der Waals surface area contributed by atoms with Gasteiger partial charge in [0.25, 0.3) is 0 Å². The number of methoxy groups -OCH3 is 1. The van der Waals surface area contributed by atoms with Crippen LogP contribution >= 0.6 is 27.3 Å². The molecule has 0 bridgehead atoms. The lowest BCUT2D eigenvalue weighted by Crippen LogP contribution is -2.40. The molecular weight excluding hydrogens is 312 g/mol. The summed E-state index contributed by atoms with van der Waals surface area (Å²) in [5.74, 6) is 0.722. The maximum atomic E-state index is 5.96. The van der Waals surface area contributed by atoms with E-state index in [4.69, 9.17) is 10.5 Å². The van der Waals surface area contributed by atoms with Crippen molar-refractivity contribution in [3.63, 3.8) is 0 Å². The molecule has 1 aliphatic heterocycles. The second-order valence-corrected chi connectivity index (χ2v) is 7.32. The standard InChI is InChI=1S/C13H21BrN2OS/c1-17-9-10-4-6-16(7-5-10)11(8-15)12-2-3-13(14)18-12/h2-3,10-11H,4-9,15H2,1H3. The third-order valence-electron chi connectivity index (χ3n) is 3.64. The lowest BCUT2D eigenvalue weighted by atomic mass is 9.96. The Hall–Kier alpha value is 0.0600. The molecule has 2 heterocycles. The average molecular weight is 333 g/mol. The number of rotatable bonds is 5. The average Bonchev–Trinajstić information content (AvgIpc) is 2.79. The fraction of sp³-hybridized carbons (Fsp3) is 0.692. The minimum absolute atomic E-state index is 0.379. The Balaban J connectivity index is 1.94. The number of thiophene rings is 1. The van der Waals surface area contributed by atoms with Crippen molar-refractivity contribution in [3.8, 4) is 0 Å². The Kier molecular flexibility index (Phi) is 5.63. The van der Waals surface area contributed by atoms with Gasteiger partial charge in [0.15, 0.2) is 0 Å². The molecule has 1 aromatic heterocycles. The molecule has 1 atom stereocenters. The van der Waals surface area contributed by atoms with Crippen molar-refractivity contribution in [3.05, 3.63) is 20.8 Å². The van der Waals surface area contributed by atoms with E-state index in [1.807, 2.05) is 0 Å². The van der Waals surface area contributed by atoms with Crippen LogP contribution in [-0.4, -0.2) is 38.3 Å². The molecule has 0 aliphatic carbocycles. The molecule has 0 saturated carbocycles. The van der Waals surface area contributed by atoms with Crippen LogP contribution in [0.4, 0.5) is 0 Å². The van der Waals surface area contributed by atoms with E-state index in [0.717, 1.165) is 25.6 Å². The first-order valence-electron chi connectivity index (χ1n) is 6.43. The van der Waals surface area contributed by atoms with Crippen LogP contribution in [0.5, 0.6) is 0 Å². The van der Waals surface area contributed by atoms with E-state index in [9.17, 15) is 0 Å². The molecule has 2 rings (SSSR count). The van der Waals surface area contributed by atoms with Crippen molar-refractivity contribution in [2.45, 2.75) is 18.9 Å². The molecule has 0 radical (unpaired) electrons. The predicted octanol–water partition coefficient (Wildman–Crippen LogP) is 2.87. The van der Waals surface area contributed by atoms with E-state index in [1.54, 1.807) is 18.4 Å². The maximum absolute atomic E-state index is 5.96. The van der Waals surface area contributed by atoms with E-state index in [1.165, 1.54) is 21.5 Å². The van der Waals surface area contributed by atoms with E-state index < -0.39 is 0 Å². The topological polar surface area (TPSA) is 38.5 Å². The van der Waals surface area contributed by atoms with Crippen LogP contribution in [0.3, 0.4) is 0 Å². The highest BCUT2D eigenvalue weighted by atomic mass is 79.9. The summed E-state index contributed by atoms with van der Waals surface area (Å²) in [4.78, 5) is 3.89. The number of ether oxygens (including phenoxy) is 1. The molecule has 102 valence electrons. The summed E-state index contributed by atoms with van der Waals surface area (Å²) in [7, 11) is 1.79. The summed E-state index contributed by atoms with van der Waals surface area (Å²) < 4.78 is 6.43. The van der Waals surface area contributed by atoms with E-state index >= 15 is 0 Å². The fourth-order valence-corrected chi connectivity index (χ4v) is 4.19. The zero-order valence-electron chi connectivity index (χ0n) is 10.8. The molecule has 0 aromatic carbocycles. The van der Waals surface area contributed by atoms with Gasteiger partial charge in [-0.2, -0.15) is 0 Å². The van der Waals surface area contributed by atoms with Crippen molar-refractivity contribution < 1.29 is 4.74 Å². The Labute approximate surface area is 121 Å². The van der Waals surface area contributed by atoms with Crippen LogP contribution in [0, 0.1) is 5.92 Å². The first-order valence-corrected chi connectivity index (χ1v) is 8.03. The molecule has 0 amide bonds. The van der Waals surface area contributed by atoms with Crippen LogP contribution in [0.15, 0.2) is 15.9 Å². The molecule has 3 nitrogen and oxygen atoms in total. The Morgan fingerprint density at radius 3 is 2.72 bits per heavy atom. The summed E-state index contributed by atoms with van der Waals surface area (Å²) in [6.07, 6.45) is 2.44. The van der Waals surface area contributed by atoms with Gasteiger partial charge in [-0.25, -0.2) is 0 Å². The van der Waals surface area contributed by atoms with Crippen molar-refractivity contribution in [1.82, 2.24) is 4.90 Å². The van der Waals surface area contributed by atoms with Crippen molar-refractivity contribution >= 4 is 27.3 Å². The van der Waals surface area contributed by atoms with Crippen molar-refractivity contribution in [1.29, 1.82) is 0 Å². The predicted molar refractivity (Wildman–Crippen MR) is 80.0 cm³/mol. The Morgan fingerprint density at radius 1 is 1.50 bits per heavy atom. The number of piperidine rings is 1. The second kappa shape index (κ2) is 7.01. The van der Waals surface area contributed by atoms with Crippen molar-refractivity contribution in [2.75, 3.05) is 33.4 Å². The highest BCUT2D eigenvalue weighted by Gasteiger charge is 2.26. The molecule has 1 aromatic rings. The summed E-state index contributed by atoms with van der Waals surface area (Å²) >= 11 is 5.32. The highest BCUT2D eigenvalue weighted by molar-refractivity contribution is 9.11. The van der Waals surface area contributed by atoms with Crippen molar-refractivity contribution in [2.24, 2.45) is 11.7 Å². The Morgan fingerprint density at radius 2 is 2.22 bits per heavy atom. The van der Waals surface area contributed by atoms with Gasteiger partial charge in [-0.1, -0.05) is 0 Å². The molecule has 0 spiro atoms. The van der Waals surface area contributed by atoms with Gasteiger partial charge < -0.3 is 10.5 Å². The monoisotopic (exact) mass is 332 g/mol. The van der Waals surface area contributed by atoms with Gasteiger partial charge in [0.2, 0.25) is 0 Å². The van der Waals surface area contributed by atoms with Gasteiger partial charge in [-0.05, 0) is 59.9 Å². The first kappa shape index (κ1) is 14.5. The second-order valence-electron chi connectivity index (χ2n) is 4.83. The van der Waals surface area contributed by atoms with E-state index in [-0.39, 0.29) is 0 Å². The lowest BCUT2D eigenvalue weighted by Gasteiger charge is -2.36. The quantitative estimate of drug-likeness (QED) is 0.900. The highest BCUT2D eigenvalue weighted by Crippen LogP contribution is 2.32. The van der Waals surface area contributed by atoms with Gasteiger partial charge in [0.05, 0.1) is 9.83 Å². The lowest BCUT2D eigenvalue weighted by molar-refractivity contribution is 0.0818. The molecule has 1 fully saturated rings. The van der Waals surface area contributed by atoms with Gasteiger partial charge in [0.1, 0.15) is 0 Å². The van der Waals surface area contributed by atoms with Gasteiger partial charge in [0, 0.05) is 25.1 Å². The van der Waals surface area contributed by atoms with Gasteiger partial charge in [-0.15, -0.1) is 11.3 Å². The molecule has 2 N–H and O–H groups in total. The summed E-state index contributed by atoms with van der Waals surface area (Å²) in [6, 6.07) is 4.68. The number of halogens is 1. The molecule has 1 aliphatic rings. The van der Waals surface area contributed by atoms with E-state index in [0.29, 0.717) is 12.6 Å². The van der Waals surface area contributed by atoms with Gasteiger partial charge >= 0.3 is 0 Å². The number of nitrogens with two attached hydrogens (primary N) is 1. The van der Waals surface area contributed by atoms with Crippen LogP contribution < -0.4 is 5.73 Å². The molecule has 1 unspecified atom stereocenters. The summed E-state index contributed by atoms with van der Waals surface area (Å²) in [5.41, 5.74) is 5.96. The normalized spacial score (nSPS) is 20.2. The van der Waals surface area contributed by atoms with Gasteiger partial charge in [-0.3, -0.25) is 4.90 Å². The van der Waals surface area contributed by atoms with Crippen LogP contribution in [0.2, 0.25) is 0 Å². The Bertz CT molecular complexity index is 364. The SMILES string of the molecule is COCC1CCN(C(CN)c2ccc(Br)s2)CC1. The summed E-state index contributed by atoms with van der Waals surface area (Å²) in [6.45, 7) is 3.85. The van der Waals surface area contributed by atoms with Crippen LogP contribution in [-0.2, 0) is 4.74 Å². The number of hydrogen-bond donors (Lipinski definition) is 1. The molecular formula is C13H21BrN2OS. The third kappa shape index (κ3) is 3.54. The van der Waals surface area contributed by atoms with Crippen LogP contribution in [0.25, 0.3) is 0 Å². The minimum Gasteiger partial charge on any atom is -0.384 e. The van der Waals surface area contributed by atoms with E-state index in [2.05, 4.69) is 33.0 Å². The zero-order valence-corrected chi connectivity index (χ0v) is 13.2.